The fraction of sp³-hybridized carbons (Fsp3) is 0.364. The number of hydrogen-bond donors (Lipinski definition) is 2. The molecule has 0 heterocycles. The summed E-state index contributed by atoms with van der Waals surface area (Å²) in [6, 6.07) is 5.54. The van der Waals surface area contributed by atoms with Crippen LogP contribution in [0.25, 0.3) is 0 Å². The van der Waals surface area contributed by atoms with E-state index in [1.54, 1.807) is 13.0 Å². The van der Waals surface area contributed by atoms with Crippen LogP contribution in [0, 0.1) is 6.92 Å². The van der Waals surface area contributed by atoms with E-state index in [4.69, 9.17) is 5.11 Å². The Balaban J connectivity index is 2.77. The lowest BCUT2D eigenvalue weighted by Crippen LogP contribution is -2.30. The van der Waals surface area contributed by atoms with Gasteiger partial charge in [-0.1, -0.05) is 22.0 Å². The SMILES string of the molecule is Cc1ccc(Br)cc1C(=O)NC[C@H](C)O. The molecule has 0 aromatic heterocycles. The van der Waals surface area contributed by atoms with Gasteiger partial charge in [-0.15, -0.1) is 0 Å². The van der Waals surface area contributed by atoms with Crippen LogP contribution in [-0.4, -0.2) is 23.7 Å². The number of carbonyl (C=O) groups excluding carboxylic acids is 1. The zero-order chi connectivity index (χ0) is 11.4. The first-order valence-corrected chi connectivity index (χ1v) is 5.52. The van der Waals surface area contributed by atoms with Crippen LogP contribution in [0.5, 0.6) is 0 Å². The number of aliphatic hydroxyl groups excluding tert-OH is 1. The number of nitrogens with one attached hydrogen (secondary N) is 1. The molecule has 0 bridgehead atoms. The van der Waals surface area contributed by atoms with Crippen molar-refractivity contribution < 1.29 is 9.90 Å². The van der Waals surface area contributed by atoms with Crippen molar-refractivity contribution >= 4 is 21.8 Å². The van der Waals surface area contributed by atoms with Gasteiger partial charge in [0.25, 0.3) is 5.91 Å². The van der Waals surface area contributed by atoms with Gasteiger partial charge in [0.2, 0.25) is 0 Å². The summed E-state index contributed by atoms with van der Waals surface area (Å²) in [5.74, 6) is -0.158. The lowest BCUT2D eigenvalue weighted by atomic mass is 10.1. The van der Waals surface area contributed by atoms with E-state index in [2.05, 4.69) is 21.2 Å². The Morgan fingerprint density at radius 2 is 2.27 bits per heavy atom. The lowest BCUT2D eigenvalue weighted by Gasteiger charge is -2.09. The molecular weight excluding hydrogens is 258 g/mol. The van der Waals surface area contributed by atoms with E-state index in [-0.39, 0.29) is 12.5 Å². The van der Waals surface area contributed by atoms with Crippen LogP contribution in [0.4, 0.5) is 0 Å². The van der Waals surface area contributed by atoms with Gasteiger partial charge in [0.05, 0.1) is 6.10 Å². The van der Waals surface area contributed by atoms with Gasteiger partial charge in [0.15, 0.2) is 0 Å². The average molecular weight is 272 g/mol. The molecular formula is C11H14BrNO2. The van der Waals surface area contributed by atoms with E-state index in [0.717, 1.165) is 10.0 Å². The summed E-state index contributed by atoms with van der Waals surface area (Å²) in [4.78, 5) is 11.7. The Morgan fingerprint density at radius 3 is 2.87 bits per heavy atom. The molecule has 0 radical (unpaired) electrons. The van der Waals surface area contributed by atoms with Crippen molar-refractivity contribution in [3.05, 3.63) is 33.8 Å². The first-order chi connectivity index (χ1) is 7.00. The van der Waals surface area contributed by atoms with Crippen molar-refractivity contribution in [1.29, 1.82) is 0 Å². The zero-order valence-electron chi connectivity index (χ0n) is 8.75. The van der Waals surface area contributed by atoms with Crippen molar-refractivity contribution in [2.24, 2.45) is 0 Å². The molecule has 1 aromatic carbocycles. The van der Waals surface area contributed by atoms with Crippen LogP contribution in [0.15, 0.2) is 22.7 Å². The number of benzene rings is 1. The molecule has 0 aliphatic heterocycles. The summed E-state index contributed by atoms with van der Waals surface area (Å²) >= 11 is 3.32. The van der Waals surface area contributed by atoms with Crippen molar-refractivity contribution in [1.82, 2.24) is 5.32 Å². The number of aliphatic hydroxyl groups is 1. The van der Waals surface area contributed by atoms with Crippen LogP contribution in [-0.2, 0) is 0 Å². The third kappa shape index (κ3) is 3.64. The topological polar surface area (TPSA) is 49.3 Å². The third-order valence-corrected chi connectivity index (χ3v) is 2.50. The predicted molar refractivity (Wildman–Crippen MR) is 62.9 cm³/mol. The second-order valence-corrected chi connectivity index (χ2v) is 4.43. The molecule has 15 heavy (non-hydrogen) atoms. The molecule has 1 aromatic rings. The molecule has 0 aliphatic carbocycles. The molecule has 3 nitrogen and oxygen atoms in total. The van der Waals surface area contributed by atoms with Crippen molar-refractivity contribution in [3.63, 3.8) is 0 Å². The van der Waals surface area contributed by atoms with Gasteiger partial charge < -0.3 is 10.4 Å². The normalized spacial score (nSPS) is 12.3. The molecule has 0 aliphatic rings. The standard InChI is InChI=1S/C11H14BrNO2/c1-7-3-4-9(12)5-10(7)11(15)13-6-8(2)14/h3-5,8,14H,6H2,1-2H3,(H,13,15)/t8-/m0/s1. The summed E-state index contributed by atoms with van der Waals surface area (Å²) in [7, 11) is 0. The van der Waals surface area contributed by atoms with Crippen LogP contribution in [0.1, 0.15) is 22.8 Å². The minimum atomic E-state index is -0.526. The van der Waals surface area contributed by atoms with Crippen molar-refractivity contribution in [3.8, 4) is 0 Å². The van der Waals surface area contributed by atoms with Gasteiger partial charge in [0.1, 0.15) is 0 Å². The highest BCUT2D eigenvalue weighted by molar-refractivity contribution is 9.10. The van der Waals surface area contributed by atoms with Crippen LogP contribution in [0.2, 0.25) is 0 Å². The van der Waals surface area contributed by atoms with Gasteiger partial charge in [-0.25, -0.2) is 0 Å². The fourth-order valence-corrected chi connectivity index (χ4v) is 1.54. The van der Waals surface area contributed by atoms with Gasteiger partial charge in [-0.05, 0) is 31.5 Å². The van der Waals surface area contributed by atoms with E-state index in [0.29, 0.717) is 5.56 Å². The van der Waals surface area contributed by atoms with Gasteiger partial charge in [-0.3, -0.25) is 4.79 Å². The second-order valence-electron chi connectivity index (χ2n) is 3.52. The summed E-state index contributed by atoms with van der Waals surface area (Å²) in [5.41, 5.74) is 1.55. The van der Waals surface area contributed by atoms with Crippen molar-refractivity contribution in [2.45, 2.75) is 20.0 Å². The zero-order valence-corrected chi connectivity index (χ0v) is 10.3. The van der Waals surface area contributed by atoms with E-state index in [1.165, 1.54) is 0 Å². The third-order valence-electron chi connectivity index (χ3n) is 2.00. The Morgan fingerprint density at radius 1 is 1.60 bits per heavy atom. The molecule has 0 saturated carbocycles. The molecule has 0 fully saturated rings. The van der Waals surface area contributed by atoms with E-state index in [9.17, 15) is 4.79 Å². The van der Waals surface area contributed by atoms with E-state index < -0.39 is 6.10 Å². The van der Waals surface area contributed by atoms with Gasteiger partial charge in [0, 0.05) is 16.6 Å². The molecule has 0 spiro atoms. The number of aryl methyl sites for hydroxylation is 1. The van der Waals surface area contributed by atoms with Gasteiger partial charge >= 0.3 is 0 Å². The summed E-state index contributed by atoms with van der Waals surface area (Å²) < 4.78 is 0.871. The highest BCUT2D eigenvalue weighted by Gasteiger charge is 2.09. The minimum absolute atomic E-state index is 0.158. The molecule has 82 valence electrons. The van der Waals surface area contributed by atoms with Crippen LogP contribution < -0.4 is 5.32 Å². The molecule has 1 amide bonds. The smallest absolute Gasteiger partial charge is 0.251 e. The highest BCUT2D eigenvalue weighted by atomic mass is 79.9. The molecule has 1 rings (SSSR count). The molecule has 0 unspecified atom stereocenters. The number of carbonyl (C=O) groups is 1. The van der Waals surface area contributed by atoms with E-state index in [1.807, 2.05) is 19.1 Å². The quantitative estimate of drug-likeness (QED) is 0.882. The maximum Gasteiger partial charge on any atom is 0.251 e. The Bertz CT molecular complexity index is 364. The fourth-order valence-electron chi connectivity index (χ4n) is 1.17. The van der Waals surface area contributed by atoms with Crippen molar-refractivity contribution in [2.75, 3.05) is 6.54 Å². The Labute approximate surface area is 97.6 Å². The summed E-state index contributed by atoms with van der Waals surface area (Å²) in [5, 5.41) is 11.7. The Hall–Kier alpha value is -0.870. The predicted octanol–water partition coefficient (Wildman–Crippen LogP) is 1.87. The summed E-state index contributed by atoms with van der Waals surface area (Å²) in [6.45, 7) is 3.78. The number of hydrogen-bond acceptors (Lipinski definition) is 2. The monoisotopic (exact) mass is 271 g/mol. The van der Waals surface area contributed by atoms with Gasteiger partial charge in [-0.2, -0.15) is 0 Å². The minimum Gasteiger partial charge on any atom is -0.392 e. The van der Waals surface area contributed by atoms with E-state index >= 15 is 0 Å². The molecule has 1 atom stereocenters. The summed E-state index contributed by atoms with van der Waals surface area (Å²) in [6.07, 6.45) is -0.526. The molecule has 4 heteroatoms. The Kier molecular flexibility index (Phi) is 4.29. The first-order valence-electron chi connectivity index (χ1n) is 4.73. The number of rotatable bonds is 3. The molecule has 2 N–H and O–H groups in total. The maximum absolute atomic E-state index is 11.7. The first kappa shape index (κ1) is 12.2. The number of halogens is 1. The average Bonchev–Trinajstić information content (AvgIpc) is 2.18. The van der Waals surface area contributed by atoms with Crippen LogP contribution in [0.3, 0.4) is 0 Å². The largest absolute Gasteiger partial charge is 0.392 e. The molecule has 0 saturated heterocycles. The number of amides is 1. The van der Waals surface area contributed by atoms with Crippen LogP contribution >= 0.6 is 15.9 Å². The second kappa shape index (κ2) is 5.28. The maximum atomic E-state index is 11.7. The lowest BCUT2D eigenvalue weighted by molar-refractivity contribution is 0.0923. The highest BCUT2D eigenvalue weighted by Crippen LogP contribution is 2.15.